The van der Waals surface area contributed by atoms with E-state index in [-0.39, 0.29) is 11.4 Å². The molecule has 3 aromatic rings. The van der Waals surface area contributed by atoms with Gasteiger partial charge in [-0.25, -0.2) is 22.5 Å². The fourth-order valence-corrected chi connectivity index (χ4v) is 3.39. The molecule has 3 rings (SSSR count). The Morgan fingerprint density at radius 2 is 2.00 bits per heavy atom. The third-order valence-electron chi connectivity index (χ3n) is 3.35. The van der Waals surface area contributed by atoms with Gasteiger partial charge >= 0.3 is 0 Å². The van der Waals surface area contributed by atoms with Crippen molar-refractivity contribution in [2.45, 2.75) is 11.3 Å². The van der Waals surface area contributed by atoms with Crippen LogP contribution in [0.4, 0.5) is 4.39 Å². The van der Waals surface area contributed by atoms with E-state index < -0.39 is 15.8 Å². The number of H-pyrrole nitrogens is 1. The van der Waals surface area contributed by atoms with Crippen LogP contribution in [0.3, 0.4) is 0 Å². The molecule has 7 heteroatoms. The van der Waals surface area contributed by atoms with Crippen LogP contribution in [-0.2, 0) is 16.4 Å². The van der Waals surface area contributed by atoms with Crippen molar-refractivity contribution in [2.75, 3.05) is 6.54 Å². The minimum absolute atomic E-state index is 0.179. The molecule has 0 aliphatic carbocycles. The van der Waals surface area contributed by atoms with Gasteiger partial charge in [0.2, 0.25) is 10.0 Å². The third kappa shape index (κ3) is 2.86. The molecule has 0 aliphatic heterocycles. The average Bonchev–Trinajstić information content (AvgIpc) is 2.91. The lowest BCUT2D eigenvalue weighted by atomic mass is 10.2. The van der Waals surface area contributed by atoms with E-state index in [4.69, 9.17) is 0 Å². The van der Waals surface area contributed by atoms with E-state index in [1.165, 1.54) is 18.2 Å². The number of aromatic amines is 1. The number of nitrogens with one attached hydrogen (secondary N) is 2. The second-order valence-electron chi connectivity index (χ2n) is 4.79. The predicted octanol–water partition coefficient (Wildman–Crippen LogP) is 2.22. The zero-order chi connectivity index (χ0) is 15.6. The first-order valence-corrected chi connectivity index (χ1v) is 8.21. The SMILES string of the molecule is O=S(=O)(NCCc1c[nH]c2ncccc12)c1ccccc1F. The molecule has 114 valence electrons. The van der Waals surface area contributed by atoms with Crippen LogP contribution >= 0.6 is 0 Å². The second kappa shape index (κ2) is 5.86. The van der Waals surface area contributed by atoms with Crippen LogP contribution in [0.15, 0.2) is 53.7 Å². The summed E-state index contributed by atoms with van der Waals surface area (Å²) in [4.78, 5) is 6.86. The third-order valence-corrected chi connectivity index (χ3v) is 4.84. The van der Waals surface area contributed by atoms with Gasteiger partial charge < -0.3 is 4.98 Å². The lowest BCUT2D eigenvalue weighted by Gasteiger charge is -2.07. The highest BCUT2D eigenvalue weighted by molar-refractivity contribution is 7.89. The maximum Gasteiger partial charge on any atom is 0.243 e. The summed E-state index contributed by atoms with van der Waals surface area (Å²) in [5, 5.41) is 0.951. The summed E-state index contributed by atoms with van der Waals surface area (Å²) in [6.45, 7) is 0.179. The Labute approximate surface area is 127 Å². The highest BCUT2D eigenvalue weighted by Crippen LogP contribution is 2.16. The number of nitrogens with zero attached hydrogens (tertiary/aromatic N) is 1. The Balaban J connectivity index is 1.72. The van der Waals surface area contributed by atoms with Gasteiger partial charge in [0.25, 0.3) is 0 Å². The molecule has 0 saturated carbocycles. The summed E-state index contributed by atoms with van der Waals surface area (Å²) in [5.41, 5.74) is 1.72. The summed E-state index contributed by atoms with van der Waals surface area (Å²) in [6, 6.07) is 9.05. The Morgan fingerprint density at radius 3 is 2.82 bits per heavy atom. The fraction of sp³-hybridized carbons (Fsp3) is 0.133. The number of rotatable bonds is 5. The molecule has 2 N–H and O–H groups in total. The maximum atomic E-state index is 13.6. The van der Waals surface area contributed by atoms with E-state index in [0.717, 1.165) is 22.7 Å². The minimum atomic E-state index is -3.85. The van der Waals surface area contributed by atoms with Crippen LogP contribution in [-0.4, -0.2) is 24.9 Å². The lowest BCUT2D eigenvalue weighted by molar-refractivity contribution is 0.557. The zero-order valence-electron chi connectivity index (χ0n) is 11.6. The van der Waals surface area contributed by atoms with Gasteiger partial charge in [-0.2, -0.15) is 0 Å². The molecule has 0 atom stereocenters. The van der Waals surface area contributed by atoms with Crippen LogP contribution in [0.1, 0.15) is 5.56 Å². The van der Waals surface area contributed by atoms with Gasteiger partial charge in [-0.1, -0.05) is 12.1 Å². The van der Waals surface area contributed by atoms with Crippen molar-refractivity contribution in [3.8, 4) is 0 Å². The molecule has 0 amide bonds. The highest BCUT2D eigenvalue weighted by atomic mass is 32.2. The van der Waals surface area contributed by atoms with Gasteiger partial charge in [-0.3, -0.25) is 0 Å². The molecule has 5 nitrogen and oxygen atoms in total. The first kappa shape index (κ1) is 14.7. The molecule has 1 aromatic carbocycles. The normalized spacial score (nSPS) is 11.9. The van der Waals surface area contributed by atoms with E-state index in [0.29, 0.717) is 6.42 Å². The zero-order valence-corrected chi connectivity index (χ0v) is 12.4. The first-order chi connectivity index (χ1) is 10.6. The highest BCUT2D eigenvalue weighted by Gasteiger charge is 2.17. The maximum absolute atomic E-state index is 13.6. The van der Waals surface area contributed by atoms with Crippen LogP contribution in [0.5, 0.6) is 0 Å². The smallest absolute Gasteiger partial charge is 0.243 e. The fourth-order valence-electron chi connectivity index (χ4n) is 2.28. The molecule has 0 aliphatic rings. The molecule has 22 heavy (non-hydrogen) atoms. The molecule has 0 radical (unpaired) electrons. The second-order valence-corrected chi connectivity index (χ2v) is 6.53. The van der Waals surface area contributed by atoms with Gasteiger partial charge in [0, 0.05) is 24.3 Å². The van der Waals surface area contributed by atoms with E-state index in [1.807, 2.05) is 12.1 Å². The van der Waals surface area contributed by atoms with Crippen molar-refractivity contribution in [1.29, 1.82) is 0 Å². The Bertz CT molecular complexity index is 906. The number of sulfonamides is 1. The summed E-state index contributed by atoms with van der Waals surface area (Å²) in [5.74, 6) is -0.758. The van der Waals surface area contributed by atoms with Crippen molar-refractivity contribution >= 4 is 21.1 Å². The minimum Gasteiger partial charge on any atom is -0.346 e. The van der Waals surface area contributed by atoms with E-state index >= 15 is 0 Å². The van der Waals surface area contributed by atoms with Crippen LogP contribution in [0.2, 0.25) is 0 Å². The van der Waals surface area contributed by atoms with Gasteiger partial charge in [-0.15, -0.1) is 0 Å². The van der Waals surface area contributed by atoms with Crippen molar-refractivity contribution in [3.63, 3.8) is 0 Å². The molecule has 2 heterocycles. The lowest BCUT2D eigenvalue weighted by Crippen LogP contribution is -2.26. The average molecular weight is 319 g/mol. The number of fused-ring (bicyclic) bond motifs is 1. The number of hydrogen-bond acceptors (Lipinski definition) is 3. The predicted molar refractivity (Wildman–Crippen MR) is 81.4 cm³/mol. The Hall–Kier alpha value is -2.25. The summed E-state index contributed by atoms with van der Waals surface area (Å²) in [6.07, 6.45) is 3.97. The van der Waals surface area contributed by atoms with Crippen LogP contribution in [0, 0.1) is 5.82 Å². The number of hydrogen-bond donors (Lipinski definition) is 2. The standard InChI is InChI=1S/C15H14FN3O2S/c16-13-5-1-2-6-14(13)22(20,21)19-9-7-11-10-18-15-12(11)4-3-8-17-15/h1-6,8,10,19H,7,9H2,(H,17,18). The van der Waals surface area contributed by atoms with Gasteiger partial charge in [-0.05, 0) is 36.2 Å². The number of halogens is 1. The van der Waals surface area contributed by atoms with Crippen molar-refractivity contribution in [2.24, 2.45) is 0 Å². The first-order valence-electron chi connectivity index (χ1n) is 6.73. The molecular formula is C15H14FN3O2S. The Morgan fingerprint density at radius 1 is 1.18 bits per heavy atom. The van der Waals surface area contributed by atoms with Gasteiger partial charge in [0.05, 0.1) is 0 Å². The molecule has 0 fully saturated rings. The number of pyridine rings is 1. The molecule has 0 unspecified atom stereocenters. The summed E-state index contributed by atoms with van der Waals surface area (Å²) in [7, 11) is -3.85. The largest absolute Gasteiger partial charge is 0.346 e. The van der Waals surface area contributed by atoms with E-state index in [9.17, 15) is 12.8 Å². The molecule has 0 saturated heterocycles. The van der Waals surface area contributed by atoms with E-state index in [1.54, 1.807) is 12.4 Å². The Kier molecular flexibility index (Phi) is 3.91. The van der Waals surface area contributed by atoms with Crippen molar-refractivity contribution < 1.29 is 12.8 Å². The van der Waals surface area contributed by atoms with Crippen molar-refractivity contribution in [3.05, 3.63) is 60.2 Å². The van der Waals surface area contributed by atoms with Gasteiger partial charge in [0.1, 0.15) is 16.4 Å². The topological polar surface area (TPSA) is 74.8 Å². The molecular weight excluding hydrogens is 305 g/mol. The van der Waals surface area contributed by atoms with E-state index in [2.05, 4.69) is 14.7 Å². The number of aromatic nitrogens is 2. The quantitative estimate of drug-likeness (QED) is 0.757. The summed E-state index contributed by atoms with van der Waals surface area (Å²) < 4.78 is 40.1. The van der Waals surface area contributed by atoms with Crippen molar-refractivity contribution in [1.82, 2.24) is 14.7 Å². The molecule has 0 spiro atoms. The van der Waals surface area contributed by atoms with Gasteiger partial charge in [0.15, 0.2) is 0 Å². The van der Waals surface area contributed by atoms with Crippen LogP contribution < -0.4 is 4.72 Å². The monoisotopic (exact) mass is 319 g/mol. The molecule has 2 aromatic heterocycles. The van der Waals surface area contributed by atoms with Crippen LogP contribution in [0.25, 0.3) is 11.0 Å². The summed E-state index contributed by atoms with van der Waals surface area (Å²) >= 11 is 0. The number of benzene rings is 1. The molecule has 0 bridgehead atoms.